The lowest BCUT2D eigenvalue weighted by molar-refractivity contribution is 1.28. The van der Waals surface area contributed by atoms with Crippen LogP contribution >= 0.6 is 11.8 Å². The van der Waals surface area contributed by atoms with E-state index >= 15 is 0 Å². The van der Waals surface area contributed by atoms with Gasteiger partial charge in [-0.25, -0.2) is 0 Å². The van der Waals surface area contributed by atoms with Crippen LogP contribution in [-0.2, 0) is 5.75 Å². The molecular weight excluding hydrogens is 226 g/mol. The monoisotopic (exact) mass is 243 g/mol. The smallest absolute Gasteiger partial charge is 0.0325 e. The third-order valence-corrected chi connectivity index (χ3v) is 3.92. The molecule has 0 aromatic heterocycles. The molecule has 2 rings (SSSR count). The molecule has 0 aliphatic carbocycles. The van der Waals surface area contributed by atoms with Crippen LogP contribution in [0.1, 0.15) is 16.7 Å². The number of nitrogen functional groups attached to an aromatic ring is 1. The van der Waals surface area contributed by atoms with Crippen molar-refractivity contribution in [3.05, 3.63) is 59.2 Å². The van der Waals surface area contributed by atoms with Crippen LogP contribution in [0, 0.1) is 13.8 Å². The van der Waals surface area contributed by atoms with Crippen LogP contribution in [0.4, 0.5) is 5.69 Å². The van der Waals surface area contributed by atoms with Gasteiger partial charge in [0.1, 0.15) is 0 Å². The molecule has 0 saturated heterocycles. The molecule has 0 heterocycles. The van der Waals surface area contributed by atoms with E-state index in [1.54, 1.807) is 0 Å². The number of nitrogens with two attached hydrogens (primary N) is 1. The molecule has 0 atom stereocenters. The Morgan fingerprint density at radius 2 is 1.88 bits per heavy atom. The zero-order valence-electron chi connectivity index (χ0n) is 10.2. The molecule has 2 N–H and O–H groups in total. The highest BCUT2D eigenvalue weighted by atomic mass is 32.2. The van der Waals surface area contributed by atoms with Crippen LogP contribution in [0.5, 0.6) is 0 Å². The Balaban J connectivity index is 2.09. The van der Waals surface area contributed by atoms with E-state index < -0.39 is 0 Å². The molecule has 0 amide bonds. The predicted molar refractivity (Wildman–Crippen MR) is 76.3 cm³/mol. The van der Waals surface area contributed by atoms with E-state index in [9.17, 15) is 0 Å². The van der Waals surface area contributed by atoms with Gasteiger partial charge in [0.05, 0.1) is 0 Å². The second-order valence-corrected chi connectivity index (χ2v) is 5.32. The number of hydrogen-bond donors (Lipinski definition) is 1. The highest BCUT2D eigenvalue weighted by Gasteiger charge is 2.01. The molecule has 0 bridgehead atoms. The van der Waals surface area contributed by atoms with Crippen LogP contribution in [0.3, 0.4) is 0 Å². The maximum Gasteiger partial charge on any atom is 0.0325 e. The van der Waals surface area contributed by atoms with E-state index in [0.29, 0.717) is 0 Å². The minimum Gasteiger partial charge on any atom is -0.399 e. The van der Waals surface area contributed by atoms with Crippen molar-refractivity contribution in [2.75, 3.05) is 5.73 Å². The summed E-state index contributed by atoms with van der Waals surface area (Å²) < 4.78 is 0. The van der Waals surface area contributed by atoms with E-state index in [0.717, 1.165) is 11.4 Å². The van der Waals surface area contributed by atoms with Gasteiger partial charge in [-0.15, -0.1) is 11.8 Å². The minimum atomic E-state index is 0.836. The van der Waals surface area contributed by atoms with Gasteiger partial charge in [0.2, 0.25) is 0 Å². The summed E-state index contributed by atoms with van der Waals surface area (Å²) in [5, 5.41) is 0. The van der Waals surface area contributed by atoms with Gasteiger partial charge in [0.15, 0.2) is 0 Å². The van der Waals surface area contributed by atoms with Gasteiger partial charge in [-0.3, -0.25) is 0 Å². The normalized spacial score (nSPS) is 10.5. The highest BCUT2D eigenvalue weighted by molar-refractivity contribution is 7.98. The van der Waals surface area contributed by atoms with Gasteiger partial charge in [-0.2, -0.15) is 0 Å². The summed E-state index contributed by atoms with van der Waals surface area (Å²) in [6.45, 7) is 4.25. The molecule has 0 radical (unpaired) electrons. The molecule has 0 saturated carbocycles. The molecule has 2 heteroatoms. The molecule has 0 aliphatic rings. The molecule has 0 unspecified atom stereocenters. The molecular formula is C15H17NS. The van der Waals surface area contributed by atoms with Crippen LogP contribution < -0.4 is 5.73 Å². The van der Waals surface area contributed by atoms with Crippen molar-refractivity contribution in [2.24, 2.45) is 0 Å². The van der Waals surface area contributed by atoms with Crippen molar-refractivity contribution in [2.45, 2.75) is 24.5 Å². The zero-order chi connectivity index (χ0) is 12.3. The Bertz CT molecular complexity index is 520. The van der Waals surface area contributed by atoms with Gasteiger partial charge >= 0.3 is 0 Å². The van der Waals surface area contributed by atoms with Crippen molar-refractivity contribution < 1.29 is 0 Å². The molecule has 2 aromatic carbocycles. The Hall–Kier alpha value is -1.41. The summed E-state index contributed by atoms with van der Waals surface area (Å²) in [4.78, 5) is 1.27. The topological polar surface area (TPSA) is 26.0 Å². The fourth-order valence-electron chi connectivity index (χ4n) is 1.74. The minimum absolute atomic E-state index is 0.836. The number of rotatable bonds is 3. The fourth-order valence-corrected chi connectivity index (χ4v) is 2.75. The first-order chi connectivity index (χ1) is 8.15. The van der Waals surface area contributed by atoms with Crippen LogP contribution in [0.25, 0.3) is 0 Å². The molecule has 0 spiro atoms. The first-order valence-electron chi connectivity index (χ1n) is 5.69. The highest BCUT2D eigenvalue weighted by Crippen LogP contribution is 2.27. The molecule has 1 nitrogen and oxygen atoms in total. The van der Waals surface area contributed by atoms with Gasteiger partial charge in [-0.05, 0) is 37.1 Å². The van der Waals surface area contributed by atoms with Crippen molar-refractivity contribution in [3.63, 3.8) is 0 Å². The summed E-state index contributed by atoms with van der Waals surface area (Å²) in [5.41, 5.74) is 10.6. The van der Waals surface area contributed by atoms with Gasteiger partial charge in [0, 0.05) is 16.3 Å². The SMILES string of the molecule is Cc1cccc(CSc2cc(N)ccc2C)c1. The summed E-state index contributed by atoms with van der Waals surface area (Å²) in [5.74, 6) is 0.992. The van der Waals surface area contributed by atoms with Crippen molar-refractivity contribution in [3.8, 4) is 0 Å². The Kier molecular flexibility index (Phi) is 3.75. The maximum atomic E-state index is 5.81. The third kappa shape index (κ3) is 3.27. The second kappa shape index (κ2) is 5.28. The van der Waals surface area contributed by atoms with E-state index in [1.807, 2.05) is 17.8 Å². The summed E-state index contributed by atoms with van der Waals surface area (Å²) in [6, 6.07) is 14.7. The molecule has 88 valence electrons. The summed E-state index contributed by atoms with van der Waals surface area (Å²) >= 11 is 1.84. The van der Waals surface area contributed by atoms with Crippen molar-refractivity contribution >= 4 is 17.4 Å². The van der Waals surface area contributed by atoms with Crippen LogP contribution in [0.15, 0.2) is 47.4 Å². The largest absolute Gasteiger partial charge is 0.399 e. The number of anilines is 1. The van der Waals surface area contributed by atoms with Gasteiger partial charge < -0.3 is 5.73 Å². The molecule has 0 fully saturated rings. The van der Waals surface area contributed by atoms with Crippen LogP contribution in [-0.4, -0.2) is 0 Å². The van der Waals surface area contributed by atoms with Crippen molar-refractivity contribution in [1.29, 1.82) is 0 Å². The number of thioether (sulfide) groups is 1. The summed E-state index contributed by atoms with van der Waals surface area (Å²) in [6.07, 6.45) is 0. The molecule has 2 aromatic rings. The lowest BCUT2D eigenvalue weighted by Crippen LogP contribution is -1.88. The first kappa shape index (κ1) is 12.1. The average Bonchev–Trinajstić information content (AvgIpc) is 2.30. The van der Waals surface area contributed by atoms with Crippen LogP contribution in [0.2, 0.25) is 0 Å². The molecule has 17 heavy (non-hydrogen) atoms. The maximum absolute atomic E-state index is 5.81. The zero-order valence-corrected chi connectivity index (χ0v) is 11.1. The summed E-state index contributed by atoms with van der Waals surface area (Å²) in [7, 11) is 0. The number of aryl methyl sites for hydroxylation is 2. The molecule has 0 aliphatic heterocycles. The van der Waals surface area contributed by atoms with E-state index in [1.165, 1.54) is 21.6 Å². The Morgan fingerprint density at radius 1 is 1.06 bits per heavy atom. The number of benzene rings is 2. The standard InChI is InChI=1S/C15H17NS/c1-11-4-3-5-13(8-11)10-17-15-9-14(16)7-6-12(15)2/h3-9H,10,16H2,1-2H3. The van der Waals surface area contributed by atoms with E-state index in [4.69, 9.17) is 5.73 Å². The van der Waals surface area contributed by atoms with Gasteiger partial charge in [0.25, 0.3) is 0 Å². The lowest BCUT2D eigenvalue weighted by atomic mass is 10.2. The Labute approximate surface area is 107 Å². The van der Waals surface area contributed by atoms with E-state index in [-0.39, 0.29) is 0 Å². The quantitative estimate of drug-likeness (QED) is 0.646. The lowest BCUT2D eigenvalue weighted by Gasteiger charge is -2.07. The van der Waals surface area contributed by atoms with Crippen molar-refractivity contribution in [1.82, 2.24) is 0 Å². The predicted octanol–water partition coefficient (Wildman–Crippen LogP) is 4.18. The third-order valence-electron chi connectivity index (χ3n) is 2.69. The second-order valence-electron chi connectivity index (χ2n) is 4.30. The van der Waals surface area contributed by atoms with E-state index in [2.05, 4.69) is 50.2 Å². The first-order valence-corrected chi connectivity index (χ1v) is 6.68. The Morgan fingerprint density at radius 3 is 2.65 bits per heavy atom. The van der Waals surface area contributed by atoms with Gasteiger partial charge in [-0.1, -0.05) is 35.9 Å². The number of hydrogen-bond acceptors (Lipinski definition) is 2. The average molecular weight is 243 g/mol. The fraction of sp³-hybridized carbons (Fsp3) is 0.200.